The van der Waals surface area contributed by atoms with Crippen molar-refractivity contribution in [3.8, 4) is 6.07 Å². The number of benzene rings is 1. The van der Waals surface area contributed by atoms with Crippen LogP contribution in [-0.2, 0) is 15.3 Å². The average Bonchev–Trinajstić information content (AvgIpc) is 2.96. The number of nitriles is 1. The van der Waals surface area contributed by atoms with Gasteiger partial charge >= 0.3 is 0 Å². The zero-order valence-corrected chi connectivity index (χ0v) is 11.6. The van der Waals surface area contributed by atoms with Crippen LogP contribution in [0.4, 0.5) is 0 Å². The van der Waals surface area contributed by atoms with Crippen molar-refractivity contribution in [2.45, 2.75) is 22.0 Å². The summed E-state index contributed by atoms with van der Waals surface area (Å²) in [5.41, 5.74) is -0.844. The summed E-state index contributed by atoms with van der Waals surface area (Å²) in [7, 11) is -3.43. The highest BCUT2D eigenvalue weighted by atomic mass is 32.2. The Morgan fingerprint density at radius 1 is 1.21 bits per heavy atom. The van der Waals surface area contributed by atoms with Crippen LogP contribution in [0.2, 0.25) is 0 Å². The highest BCUT2D eigenvalue weighted by Gasteiger charge is 2.64. The maximum absolute atomic E-state index is 12.5. The topological polar surface area (TPSA) is 57.9 Å². The van der Waals surface area contributed by atoms with Gasteiger partial charge in [0.1, 0.15) is 5.41 Å². The summed E-state index contributed by atoms with van der Waals surface area (Å²) in [5, 5.41) is 10.7. The molecule has 2 atom stereocenters. The van der Waals surface area contributed by atoms with E-state index >= 15 is 0 Å². The van der Waals surface area contributed by atoms with Crippen molar-refractivity contribution >= 4 is 21.2 Å². The third-order valence-electron chi connectivity index (χ3n) is 3.50. The molecule has 0 aliphatic heterocycles. The van der Waals surface area contributed by atoms with Crippen LogP contribution < -0.4 is 0 Å². The standard InChI is InChI=1S/C14H11NO2S2/c15-10-14(12-7-4-8-18-12)9-13(14)19(16,17)11-5-2-1-3-6-11/h1-8,13H,9H2/t13-,14-/m1/s1. The van der Waals surface area contributed by atoms with Crippen LogP contribution in [0.1, 0.15) is 11.3 Å². The Morgan fingerprint density at radius 2 is 1.95 bits per heavy atom. The first-order chi connectivity index (χ1) is 9.11. The van der Waals surface area contributed by atoms with Gasteiger partial charge in [0.2, 0.25) is 0 Å². The SMILES string of the molecule is N#C[C@@]1(c2cccs2)C[C@H]1S(=O)(=O)c1ccccc1. The van der Waals surface area contributed by atoms with Crippen molar-refractivity contribution < 1.29 is 8.42 Å². The molecule has 1 saturated carbocycles. The fourth-order valence-electron chi connectivity index (χ4n) is 2.35. The second-order valence-corrected chi connectivity index (χ2v) is 7.69. The minimum absolute atomic E-state index is 0.300. The second kappa shape index (κ2) is 4.19. The van der Waals surface area contributed by atoms with Gasteiger partial charge in [0.25, 0.3) is 0 Å². The number of sulfone groups is 1. The minimum atomic E-state index is -3.43. The number of rotatable bonds is 3. The first-order valence-electron chi connectivity index (χ1n) is 5.85. The van der Waals surface area contributed by atoms with Gasteiger partial charge in [-0.25, -0.2) is 8.42 Å². The maximum Gasteiger partial charge on any atom is 0.183 e. The van der Waals surface area contributed by atoms with E-state index in [-0.39, 0.29) is 0 Å². The average molecular weight is 289 g/mol. The van der Waals surface area contributed by atoms with E-state index < -0.39 is 20.5 Å². The van der Waals surface area contributed by atoms with Crippen molar-refractivity contribution in [2.24, 2.45) is 0 Å². The molecule has 1 fully saturated rings. The number of thiophene rings is 1. The summed E-state index contributed by atoms with van der Waals surface area (Å²) < 4.78 is 25.0. The van der Waals surface area contributed by atoms with Crippen molar-refractivity contribution in [1.82, 2.24) is 0 Å². The largest absolute Gasteiger partial charge is 0.223 e. The third-order valence-corrected chi connectivity index (χ3v) is 6.80. The van der Waals surface area contributed by atoms with Gasteiger partial charge in [-0.1, -0.05) is 24.3 Å². The van der Waals surface area contributed by atoms with Gasteiger partial charge in [0.05, 0.1) is 16.2 Å². The minimum Gasteiger partial charge on any atom is -0.223 e. The molecule has 1 aromatic heterocycles. The Balaban J connectivity index is 2.01. The van der Waals surface area contributed by atoms with E-state index in [1.165, 1.54) is 11.3 Å². The highest BCUT2D eigenvalue weighted by molar-refractivity contribution is 7.92. The Hall–Kier alpha value is -1.64. The molecule has 19 heavy (non-hydrogen) atoms. The summed E-state index contributed by atoms with van der Waals surface area (Å²) in [6.45, 7) is 0. The predicted molar refractivity (Wildman–Crippen MR) is 73.6 cm³/mol. The molecule has 0 saturated heterocycles. The molecule has 96 valence electrons. The lowest BCUT2D eigenvalue weighted by atomic mass is 10.1. The zero-order chi connectivity index (χ0) is 13.5. The predicted octanol–water partition coefficient (Wildman–Crippen LogP) is 2.76. The monoisotopic (exact) mass is 289 g/mol. The van der Waals surface area contributed by atoms with Crippen LogP contribution in [-0.4, -0.2) is 13.7 Å². The fourth-order valence-corrected chi connectivity index (χ4v) is 5.42. The number of nitrogens with zero attached hydrogens (tertiary/aromatic N) is 1. The van der Waals surface area contributed by atoms with Gasteiger partial charge in [0, 0.05) is 4.88 Å². The Labute approximate surface area is 116 Å². The van der Waals surface area contributed by atoms with E-state index in [2.05, 4.69) is 6.07 Å². The van der Waals surface area contributed by atoms with E-state index in [9.17, 15) is 13.7 Å². The second-order valence-electron chi connectivity index (χ2n) is 4.61. The lowest BCUT2D eigenvalue weighted by Gasteiger charge is -2.07. The van der Waals surface area contributed by atoms with Crippen molar-refractivity contribution in [2.75, 3.05) is 0 Å². The van der Waals surface area contributed by atoms with Crippen molar-refractivity contribution in [3.63, 3.8) is 0 Å². The third kappa shape index (κ3) is 1.79. The quantitative estimate of drug-likeness (QED) is 0.873. The first kappa shape index (κ1) is 12.4. The van der Waals surface area contributed by atoms with Crippen molar-refractivity contribution in [3.05, 3.63) is 52.7 Å². The maximum atomic E-state index is 12.5. The van der Waals surface area contributed by atoms with E-state index in [4.69, 9.17) is 0 Å². The highest BCUT2D eigenvalue weighted by Crippen LogP contribution is 2.55. The van der Waals surface area contributed by atoms with E-state index in [1.54, 1.807) is 30.3 Å². The van der Waals surface area contributed by atoms with Gasteiger partial charge in [0.15, 0.2) is 9.84 Å². The molecule has 1 aliphatic rings. The molecule has 0 radical (unpaired) electrons. The molecule has 1 heterocycles. The summed E-state index contributed by atoms with van der Waals surface area (Å²) >= 11 is 1.45. The number of hydrogen-bond donors (Lipinski definition) is 0. The summed E-state index contributed by atoms with van der Waals surface area (Å²) in [6, 6.07) is 14.3. The van der Waals surface area contributed by atoms with Crippen LogP contribution >= 0.6 is 11.3 Å². The molecule has 3 nitrogen and oxygen atoms in total. The fraction of sp³-hybridized carbons (Fsp3) is 0.214. The van der Waals surface area contributed by atoms with Gasteiger partial charge in [-0.3, -0.25) is 0 Å². The van der Waals surface area contributed by atoms with Gasteiger partial charge in [-0.15, -0.1) is 11.3 Å². The Morgan fingerprint density at radius 3 is 2.53 bits per heavy atom. The molecular weight excluding hydrogens is 278 g/mol. The van der Waals surface area contributed by atoms with Crippen LogP contribution in [0.25, 0.3) is 0 Å². The number of hydrogen-bond acceptors (Lipinski definition) is 4. The van der Waals surface area contributed by atoms with Crippen molar-refractivity contribution in [1.29, 1.82) is 5.26 Å². The van der Waals surface area contributed by atoms with E-state index in [0.717, 1.165) is 4.88 Å². The Bertz CT molecular complexity index is 730. The van der Waals surface area contributed by atoms with E-state index in [1.807, 2.05) is 17.5 Å². The molecule has 0 N–H and O–H groups in total. The van der Waals surface area contributed by atoms with Gasteiger partial charge in [-0.05, 0) is 30.0 Å². The van der Waals surface area contributed by atoms with E-state index in [0.29, 0.717) is 11.3 Å². The summed E-state index contributed by atoms with van der Waals surface area (Å²) in [6.07, 6.45) is 0.390. The molecule has 3 rings (SSSR count). The van der Waals surface area contributed by atoms with Crippen LogP contribution in [0.5, 0.6) is 0 Å². The first-order valence-corrected chi connectivity index (χ1v) is 8.28. The molecule has 5 heteroatoms. The van der Waals surface area contributed by atoms with Gasteiger partial charge in [-0.2, -0.15) is 5.26 Å². The molecule has 1 aliphatic carbocycles. The molecule has 0 amide bonds. The molecular formula is C14H11NO2S2. The van der Waals surface area contributed by atoms with Gasteiger partial charge < -0.3 is 0 Å². The molecule has 2 aromatic rings. The molecule has 0 spiro atoms. The van der Waals surface area contributed by atoms with Crippen LogP contribution in [0.15, 0.2) is 52.7 Å². The van der Waals surface area contributed by atoms with Crippen LogP contribution in [0.3, 0.4) is 0 Å². The molecule has 1 aromatic carbocycles. The summed E-state index contributed by atoms with van der Waals surface area (Å²) in [4.78, 5) is 1.15. The zero-order valence-electron chi connectivity index (χ0n) is 9.98. The molecule has 0 bridgehead atoms. The smallest absolute Gasteiger partial charge is 0.183 e. The lowest BCUT2D eigenvalue weighted by Crippen LogP contribution is -2.17. The van der Waals surface area contributed by atoms with Crippen LogP contribution in [0, 0.1) is 11.3 Å². The Kier molecular flexibility index (Phi) is 2.73. The lowest BCUT2D eigenvalue weighted by molar-refractivity contribution is 0.592. The normalized spacial score (nSPS) is 25.7. The summed E-state index contributed by atoms with van der Waals surface area (Å²) in [5.74, 6) is 0. The molecule has 0 unspecified atom stereocenters.